The van der Waals surface area contributed by atoms with Gasteiger partial charge in [-0.2, -0.15) is 4.80 Å². The van der Waals surface area contributed by atoms with E-state index in [9.17, 15) is 0 Å². The standard InChI is InChI=1S/C12H17N5O/c1-17-15-12(14-16-17)9-10(13)7-8-18-11-5-3-2-4-6-11/h2-6,10H,7-9,13H2,1H3. The molecule has 6 nitrogen and oxygen atoms in total. The molecule has 96 valence electrons. The molecule has 0 saturated carbocycles. The molecular formula is C12H17N5O. The number of hydrogen-bond acceptors (Lipinski definition) is 5. The zero-order valence-corrected chi connectivity index (χ0v) is 10.4. The Morgan fingerprint density at radius 3 is 2.78 bits per heavy atom. The van der Waals surface area contributed by atoms with Gasteiger partial charge in [0.2, 0.25) is 0 Å². The van der Waals surface area contributed by atoms with Gasteiger partial charge in [-0.05, 0) is 23.8 Å². The third-order valence-corrected chi connectivity index (χ3v) is 2.50. The lowest BCUT2D eigenvalue weighted by atomic mass is 10.1. The van der Waals surface area contributed by atoms with Crippen molar-refractivity contribution >= 4 is 0 Å². The molecule has 0 radical (unpaired) electrons. The molecule has 0 aliphatic carbocycles. The first kappa shape index (κ1) is 12.5. The van der Waals surface area contributed by atoms with Gasteiger partial charge in [-0.15, -0.1) is 10.2 Å². The number of rotatable bonds is 6. The molecule has 0 spiro atoms. The van der Waals surface area contributed by atoms with Crippen LogP contribution in [0.25, 0.3) is 0 Å². The van der Waals surface area contributed by atoms with Crippen LogP contribution >= 0.6 is 0 Å². The van der Waals surface area contributed by atoms with Crippen LogP contribution in [0.5, 0.6) is 5.75 Å². The number of ether oxygens (including phenoxy) is 1. The van der Waals surface area contributed by atoms with Crippen LogP contribution in [0, 0.1) is 0 Å². The van der Waals surface area contributed by atoms with Gasteiger partial charge in [-0.3, -0.25) is 0 Å². The molecule has 1 atom stereocenters. The van der Waals surface area contributed by atoms with Gasteiger partial charge in [0.05, 0.1) is 13.7 Å². The second kappa shape index (κ2) is 6.11. The van der Waals surface area contributed by atoms with Gasteiger partial charge in [0.1, 0.15) is 5.75 Å². The molecule has 0 bridgehead atoms. The maximum Gasteiger partial charge on any atom is 0.176 e. The molecule has 1 aromatic heterocycles. The Labute approximate surface area is 106 Å². The Kier molecular flexibility index (Phi) is 4.25. The van der Waals surface area contributed by atoms with Gasteiger partial charge in [0.15, 0.2) is 5.82 Å². The predicted octanol–water partition coefficient (Wildman–Crippen LogP) is 0.549. The normalized spacial score (nSPS) is 12.3. The Balaban J connectivity index is 1.70. The summed E-state index contributed by atoms with van der Waals surface area (Å²) in [5.41, 5.74) is 5.98. The minimum absolute atomic E-state index is 0.0158. The van der Waals surface area contributed by atoms with Crippen molar-refractivity contribution in [2.24, 2.45) is 12.8 Å². The highest BCUT2D eigenvalue weighted by Gasteiger charge is 2.08. The Morgan fingerprint density at radius 1 is 1.33 bits per heavy atom. The van der Waals surface area contributed by atoms with Crippen LogP contribution in [0.3, 0.4) is 0 Å². The molecule has 0 fully saturated rings. The lowest BCUT2D eigenvalue weighted by molar-refractivity contribution is 0.296. The third kappa shape index (κ3) is 3.81. The third-order valence-electron chi connectivity index (χ3n) is 2.50. The largest absolute Gasteiger partial charge is 0.494 e. The van der Waals surface area contributed by atoms with Crippen LogP contribution in [0.4, 0.5) is 0 Å². The van der Waals surface area contributed by atoms with E-state index in [-0.39, 0.29) is 6.04 Å². The summed E-state index contributed by atoms with van der Waals surface area (Å²) < 4.78 is 5.58. The maximum absolute atomic E-state index is 5.98. The first-order valence-corrected chi connectivity index (χ1v) is 5.90. The van der Waals surface area contributed by atoms with Gasteiger partial charge < -0.3 is 10.5 Å². The van der Waals surface area contributed by atoms with Gasteiger partial charge in [-0.25, -0.2) is 0 Å². The molecule has 1 aromatic carbocycles. The van der Waals surface area contributed by atoms with Crippen LogP contribution in [0.15, 0.2) is 30.3 Å². The van der Waals surface area contributed by atoms with E-state index in [1.807, 2.05) is 30.3 Å². The summed E-state index contributed by atoms with van der Waals surface area (Å²) in [5, 5.41) is 11.8. The number of benzene rings is 1. The van der Waals surface area contributed by atoms with Crippen molar-refractivity contribution in [3.8, 4) is 5.75 Å². The molecule has 0 saturated heterocycles. The second-order valence-corrected chi connectivity index (χ2v) is 4.11. The van der Waals surface area contributed by atoms with Gasteiger partial charge in [-0.1, -0.05) is 18.2 Å². The van der Waals surface area contributed by atoms with Crippen LogP contribution in [-0.2, 0) is 13.5 Å². The van der Waals surface area contributed by atoms with E-state index in [4.69, 9.17) is 10.5 Å². The number of aromatic nitrogens is 4. The van der Waals surface area contributed by atoms with Crippen molar-refractivity contribution < 1.29 is 4.74 Å². The highest BCUT2D eigenvalue weighted by molar-refractivity contribution is 5.20. The summed E-state index contributed by atoms with van der Waals surface area (Å²) in [6.07, 6.45) is 1.37. The van der Waals surface area contributed by atoms with Crippen molar-refractivity contribution in [2.75, 3.05) is 6.61 Å². The molecule has 2 N–H and O–H groups in total. The van der Waals surface area contributed by atoms with Crippen molar-refractivity contribution in [1.29, 1.82) is 0 Å². The Bertz CT molecular complexity index is 470. The smallest absolute Gasteiger partial charge is 0.176 e. The fraction of sp³-hybridized carbons (Fsp3) is 0.417. The molecule has 0 amide bonds. The quantitative estimate of drug-likeness (QED) is 0.806. The Morgan fingerprint density at radius 2 is 2.11 bits per heavy atom. The average Bonchev–Trinajstić information content (AvgIpc) is 2.76. The highest BCUT2D eigenvalue weighted by Crippen LogP contribution is 2.09. The van der Waals surface area contributed by atoms with Crippen molar-refractivity contribution in [3.05, 3.63) is 36.2 Å². The monoisotopic (exact) mass is 247 g/mol. The van der Waals surface area contributed by atoms with Crippen molar-refractivity contribution in [3.63, 3.8) is 0 Å². The summed E-state index contributed by atoms with van der Waals surface area (Å²) in [4.78, 5) is 1.43. The average molecular weight is 247 g/mol. The fourth-order valence-electron chi connectivity index (χ4n) is 1.59. The van der Waals surface area contributed by atoms with E-state index >= 15 is 0 Å². The molecule has 1 heterocycles. The summed E-state index contributed by atoms with van der Waals surface area (Å²) >= 11 is 0. The lowest BCUT2D eigenvalue weighted by Gasteiger charge is -2.10. The molecule has 2 aromatic rings. The molecule has 0 aliphatic heterocycles. The number of para-hydroxylation sites is 1. The minimum atomic E-state index is -0.0158. The first-order valence-electron chi connectivity index (χ1n) is 5.90. The van der Waals surface area contributed by atoms with Crippen LogP contribution in [0.1, 0.15) is 12.2 Å². The SMILES string of the molecule is Cn1nnc(CC(N)CCOc2ccccc2)n1. The van der Waals surface area contributed by atoms with Gasteiger partial charge >= 0.3 is 0 Å². The number of nitrogens with two attached hydrogens (primary N) is 1. The van der Waals surface area contributed by atoms with Gasteiger partial charge in [0.25, 0.3) is 0 Å². The van der Waals surface area contributed by atoms with Crippen molar-refractivity contribution in [2.45, 2.75) is 18.9 Å². The topological polar surface area (TPSA) is 78.9 Å². The molecule has 0 aliphatic rings. The second-order valence-electron chi connectivity index (χ2n) is 4.11. The van der Waals surface area contributed by atoms with E-state index in [0.29, 0.717) is 18.9 Å². The van der Waals surface area contributed by atoms with E-state index in [1.54, 1.807) is 7.05 Å². The van der Waals surface area contributed by atoms with Crippen molar-refractivity contribution in [1.82, 2.24) is 20.2 Å². The Hall–Kier alpha value is -1.95. The van der Waals surface area contributed by atoms with Gasteiger partial charge in [0, 0.05) is 12.5 Å². The summed E-state index contributed by atoms with van der Waals surface area (Å²) in [6, 6.07) is 9.68. The summed E-state index contributed by atoms with van der Waals surface area (Å²) in [7, 11) is 1.74. The summed E-state index contributed by atoms with van der Waals surface area (Å²) in [5.74, 6) is 1.53. The van der Waals surface area contributed by atoms with Crippen LogP contribution in [-0.4, -0.2) is 32.9 Å². The van der Waals surface area contributed by atoms with Crippen LogP contribution in [0.2, 0.25) is 0 Å². The molecule has 2 rings (SSSR count). The minimum Gasteiger partial charge on any atom is -0.494 e. The number of hydrogen-bond donors (Lipinski definition) is 1. The maximum atomic E-state index is 5.98. The first-order chi connectivity index (χ1) is 8.74. The highest BCUT2D eigenvalue weighted by atomic mass is 16.5. The fourth-order valence-corrected chi connectivity index (χ4v) is 1.59. The number of nitrogens with zero attached hydrogens (tertiary/aromatic N) is 4. The predicted molar refractivity (Wildman–Crippen MR) is 67.0 cm³/mol. The molecule has 1 unspecified atom stereocenters. The van der Waals surface area contributed by atoms with Crippen LogP contribution < -0.4 is 10.5 Å². The zero-order valence-electron chi connectivity index (χ0n) is 10.4. The number of tetrazole rings is 1. The lowest BCUT2D eigenvalue weighted by Crippen LogP contribution is -2.26. The summed E-state index contributed by atoms with van der Waals surface area (Å²) in [6.45, 7) is 0.589. The number of aryl methyl sites for hydroxylation is 1. The molecular weight excluding hydrogens is 230 g/mol. The molecule has 18 heavy (non-hydrogen) atoms. The van der Waals surface area contributed by atoms with E-state index in [1.165, 1.54) is 4.80 Å². The van der Waals surface area contributed by atoms with E-state index in [2.05, 4.69) is 15.4 Å². The zero-order chi connectivity index (χ0) is 12.8. The van der Waals surface area contributed by atoms with E-state index in [0.717, 1.165) is 12.2 Å². The van der Waals surface area contributed by atoms with E-state index < -0.39 is 0 Å². The molecule has 6 heteroatoms.